The maximum absolute atomic E-state index is 12.2. The lowest BCUT2D eigenvalue weighted by Gasteiger charge is -2.36. The minimum atomic E-state index is -0.813. The van der Waals surface area contributed by atoms with Crippen LogP contribution in [0.15, 0.2) is 11.4 Å². The molecule has 2 rings (SSSR count). The molecule has 1 aromatic heterocycles. The first kappa shape index (κ1) is 14.7. The van der Waals surface area contributed by atoms with Gasteiger partial charge < -0.3 is 10.0 Å². The van der Waals surface area contributed by atoms with E-state index in [4.69, 9.17) is 5.11 Å². The van der Waals surface area contributed by atoms with Crippen LogP contribution in [0.2, 0.25) is 0 Å². The SMILES string of the molecule is CC(C(=O)O)N1CCN(C(=O)c2csc(I)c2)CC1. The predicted molar refractivity (Wildman–Crippen MR) is 81.6 cm³/mol. The number of rotatable bonds is 3. The lowest BCUT2D eigenvalue weighted by molar-refractivity contribution is -0.143. The molecule has 1 aromatic rings. The van der Waals surface area contributed by atoms with Gasteiger partial charge in [0.05, 0.1) is 8.45 Å². The molecular formula is C12H15IN2O3S. The number of aliphatic carboxylic acids is 1. The number of halogens is 1. The summed E-state index contributed by atoms with van der Waals surface area (Å²) in [6, 6.07) is 1.40. The van der Waals surface area contributed by atoms with E-state index in [9.17, 15) is 9.59 Å². The normalized spacial score (nSPS) is 18.3. The second kappa shape index (κ2) is 6.19. The number of carboxylic acids is 1. The number of hydrogen-bond donors (Lipinski definition) is 1. The van der Waals surface area contributed by atoms with Crippen LogP contribution in [0.4, 0.5) is 0 Å². The van der Waals surface area contributed by atoms with E-state index in [1.54, 1.807) is 23.2 Å². The molecule has 1 fully saturated rings. The van der Waals surface area contributed by atoms with Crippen molar-refractivity contribution in [3.05, 3.63) is 19.9 Å². The number of thiophene rings is 1. The molecule has 7 heteroatoms. The smallest absolute Gasteiger partial charge is 0.320 e. The zero-order chi connectivity index (χ0) is 14.0. The summed E-state index contributed by atoms with van der Waals surface area (Å²) in [5, 5.41) is 10.8. The minimum absolute atomic E-state index is 0.0433. The molecule has 0 aliphatic carbocycles. The third-order valence-electron chi connectivity index (χ3n) is 3.32. The number of amides is 1. The Morgan fingerprint density at radius 3 is 2.47 bits per heavy atom. The summed E-state index contributed by atoms with van der Waals surface area (Å²) in [5.74, 6) is -0.769. The van der Waals surface area contributed by atoms with Crippen molar-refractivity contribution in [3.8, 4) is 0 Å². The first-order valence-electron chi connectivity index (χ1n) is 5.99. The number of carboxylic acid groups (broad SMARTS) is 1. The Morgan fingerprint density at radius 2 is 2.00 bits per heavy atom. The van der Waals surface area contributed by atoms with Crippen LogP contribution >= 0.6 is 33.9 Å². The lowest BCUT2D eigenvalue weighted by atomic mass is 10.2. The maximum atomic E-state index is 12.2. The Labute approximate surface area is 129 Å². The summed E-state index contributed by atoms with van der Waals surface area (Å²) in [7, 11) is 0. The first-order valence-corrected chi connectivity index (χ1v) is 7.95. The molecule has 1 N–H and O–H groups in total. The van der Waals surface area contributed by atoms with Gasteiger partial charge in [-0.25, -0.2) is 0 Å². The van der Waals surface area contributed by atoms with Crippen LogP contribution < -0.4 is 0 Å². The van der Waals surface area contributed by atoms with Crippen molar-refractivity contribution < 1.29 is 14.7 Å². The fraction of sp³-hybridized carbons (Fsp3) is 0.500. The number of hydrogen-bond acceptors (Lipinski definition) is 4. The second-order valence-corrected chi connectivity index (χ2v) is 7.29. The van der Waals surface area contributed by atoms with Gasteiger partial charge in [0.15, 0.2) is 0 Å². The number of nitrogens with zero attached hydrogens (tertiary/aromatic N) is 2. The van der Waals surface area contributed by atoms with Gasteiger partial charge in [-0.05, 0) is 35.6 Å². The monoisotopic (exact) mass is 394 g/mol. The van der Waals surface area contributed by atoms with Crippen molar-refractivity contribution in [3.63, 3.8) is 0 Å². The standard InChI is InChI=1S/C12H15IN2O3S/c1-8(12(17)18)14-2-4-15(5-3-14)11(16)9-6-10(13)19-7-9/h6-8H,2-5H2,1H3,(H,17,18). The Bertz CT molecular complexity index is 483. The third kappa shape index (κ3) is 3.46. The van der Waals surface area contributed by atoms with Gasteiger partial charge in [-0.3, -0.25) is 14.5 Å². The van der Waals surface area contributed by atoms with Crippen molar-refractivity contribution in [2.45, 2.75) is 13.0 Å². The van der Waals surface area contributed by atoms with E-state index in [0.29, 0.717) is 26.2 Å². The van der Waals surface area contributed by atoms with Gasteiger partial charge in [0.1, 0.15) is 6.04 Å². The molecule has 1 aliphatic heterocycles. The summed E-state index contributed by atoms with van der Waals surface area (Å²) >= 11 is 3.76. The highest BCUT2D eigenvalue weighted by Crippen LogP contribution is 2.19. The van der Waals surface area contributed by atoms with Gasteiger partial charge in [0.25, 0.3) is 5.91 Å². The summed E-state index contributed by atoms with van der Waals surface area (Å²) in [4.78, 5) is 26.8. The summed E-state index contributed by atoms with van der Waals surface area (Å²) < 4.78 is 1.10. The van der Waals surface area contributed by atoms with Crippen LogP contribution in [-0.2, 0) is 4.79 Å². The van der Waals surface area contributed by atoms with E-state index in [0.717, 1.165) is 8.45 Å². The highest BCUT2D eigenvalue weighted by Gasteiger charge is 2.27. The molecule has 0 radical (unpaired) electrons. The van der Waals surface area contributed by atoms with Crippen LogP contribution in [0.3, 0.4) is 0 Å². The van der Waals surface area contributed by atoms with Crippen LogP contribution in [0.1, 0.15) is 17.3 Å². The van der Waals surface area contributed by atoms with Crippen molar-refractivity contribution >= 4 is 45.8 Å². The molecule has 1 saturated heterocycles. The molecule has 1 amide bonds. The van der Waals surface area contributed by atoms with Crippen LogP contribution in [0, 0.1) is 2.88 Å². The maximum Gasteiger partial charge on any atom is 0.320 e. The van der Waals surface area contributed by atoms with Gasteiger partial charge in [-0.15, -0.1) is 11.3 Å². The van der Waals surface area contributed by atoms with E-state index in [-0.39, 0.29) is 5.91 Å². The van der Waals surface area contributed by atoms with Gasteiger partial charge in [0.2, 0.25) is 0 Å². The zero-order valence-electron chi connectivity index (χ0n) is 10.5. The first-order chi connectivity index (χ1) is 8.99. The molecular weight excluding hydrogens is 379 g/mol. The molecule has 1 aliphatic rings. The van der Waals surface area contributed by atoms with E-state index in [1.165, 1.54) is 0 Å². The number of carbonyl (C=O) groups is 2. The highest BCUT2D eigenvalue weighted by atomic mass is 127. The van der Waals surface area contributed by atoms with Crippen molar-refractivity contribution in [1.29, 1.82) is 0 Å². The van der Waals surface area contributed by atoms with Crippen LogP contribution in [0.25, 0.3) is 0 Å². The summed E-state index contributed by atoms with van der Waals surface area (Å²) in [5.41, 5.74) is 0.731. The molecule has 0 saturated carbocycles. The molecule has 0 spiro atoms. The Kier molecular flexibility index (Phi) is 4.80. The molecule has 1 unspecified atom stereocenters. The minimum Gasteiger partial charge on any atom is -0.480 e. The predicted octanol–water partition coefficient (Wildman–Crippen LogP) is 1.58. The van der Waals surface area contributed by atoms with E-state index < -0.39 is 12.0 Å². The molecule has 2 heterocycles. The van der Waals surface area contributed by atoms with Gasteiger partial charge >= 0.3 is 5.97 Å². The van der Waals surface area contributed by atoms with Crippen LogP contribution in [0.5, 0.6) is 0 Å². The molecule has 0 aromatic carbocycles. The quantitative estimate of drug-likeness (QED) is 0.792. The van der Waals surface area contributed by atoms with E-state index >= 15 is 0 Å². The largest absolute Gasteiger partial charge is 0.480 e. The highest BCUT2D eigenvalue weighted by molar-refractivity contribution is 14.1. The molecule has 104 valence electrons. The molecule has 1 atom stereocenters. The van der Waals surface area contributed by atoms with Gasteiger partial charge in [-0.2, -0.15) is 0 Å². The van der Waals surface area contributed by atoms with Gasteiger partial charge in [-0.1, -0.05) is 0 Å². The van der Waals surface area contributed by atoms with Crippen molar-refractivity contribution in [2.24, 2.45) is 0 Å². The topological polar surface area (TPSA) is 60.9 Å². The summed E-state index contributed by atoms with van der Waals surface area (Å²) in [6.45, 7) is 4.08. The van der Waals surface area contributed by atoms with Crippen molar-refractivity contribution in [2.75, 3.05) is 26.2 Å². The fourth-order valence-electron chi connectivity index (χ4n) is 2.07. The fourth-order valence-corrected chi connectivity index (χ4v) is 3.39. The van der Waals surface area contributed by atoms with E-state index in [2.05, 4.69) is 22.6 Å². The average Bonchev–Trinajstić information content (AvgIpc) is 2.84. The van der Waals surface area contributed by atoms with Gasteiger partial charge in [0, 0.05) is 31.6 Å². The Morgan fingerprint density at radius 1 is 1.37 bits per heavy atom. The number of piperazine rings is 1. The average molecular weight is 394 g/mol. The molecule has 19 heavy (non-hydrogen) atoms. The van der Waals surface area contributed by atoms with E-state index in [1.807, 2.05) is 16.3 Å². The Hall–Kier alpha value is -0.670. The number of carbonyl (C=O) groups excluding carboxylic acids is 1. The van der Waals surface area contributed by atoms with Crippen molar-refractivity contribution in [1.82, 2.24) is 9.80 Å². The lowest BCUT2D eigenvalue weighted by Crippen LogP contribution is -2.53. The second-order valence-electron chi connectivity index (χ2n) is 4.48. The Balaban J connectivity index is 1.93. The third-order valence-corrected chi connectivity index (χ3v) is 5.11. The summed E-state index contributed by atoms with van der Waals surface area (Å²) in [6.07, 6.45) is 0. The molecule has 5 nitrogen and oxygen atoms in total. The zero-order valence-corrected chi connectivity index (χ0v) is 13.5. The molecule has 0 bridgehead atoms. The van der Waals surface area contributed by atoms with Crippen LogP contribution in [-0.4, -0.2) is 59.0 Å².